The quantitative estimate of drug-likeness (QED) is 0.637. The second-order valence-corrected chi connectivity index (χ2v) is 9.71. The molecular weight excluding hydrogens is 416 g/mol. The first-order chi connectivity index (χ1) is 14.4. The number of benzene rings is 2. The van der Waals surface area contributed by atoms with Gasteiger partial charge in [-0.15, -0.1) is 6.58 Å². The van der Waals surface area contributed by atoms with Gasteiger partial charge in [0.05, 0.1) is 10.9 Å². The molecule has 7 nitrogen and oxygen atoms in total. The summed E-state index contributed by atoms with van der Waals surface area (Å²) in [5, 5.41) is 0. The molecule has 0 bridgehead atoms. The largest absolute Gasteiger partial charge is 0.443 e. The first-order valence-electron chi connectivity index (χ1n) is 9.76. The standard InChI is InChI=1S/C23H28N2O5S/c1-6-10-20(18-11-8-7-9-12-18)25(22(27)30-23(3,4)5)21(26)24-31(28,29)19-15-13-17(2)14-16-19/h6-9,11-16,20H,1,10H2,2-5H3,(H,24,26). The van der Waals surface area contributed by atoms with E-state index in [9.17, 15) is 18.0 Å². The van der Waals surface area contributed by atoms with Gasteiger partial charge in [-0.25, -0.2) is 27.6 Å². The highest BCUT2D eigenvalue weighted by molar-refractivity contribution is 7.90. The Bertz CT molecular complexity index is 1030. The number of hydrogen-bond donors (Lipinski definition) is 1. The predicted molar refractivity (Wildman–Crippen MR) is 119 cm³/mol. The van der Waals surface area contributed by atoms with Crippen molar-refractivity contribution in [3.63, 3.8) is 0 Å². The highest BCUT2D eigenvalue weighted by Gasteiger charge is 2.36. The van der Waals surface area contributed by atoms with E-state index in [0.717, 1.165) is 10.5 Å². The summed E-state index contributed by atoms with van der Waals surface area (Å²) in [6.07, 6.45) is 0.803. The smallest absolute Gasteiger partial charge is 0.419 e. The topological polar surface area (TPSA) is 92.8 Å². The second-order valence-electron chi connectivity index (χ2n) is 8.02. The summed E-state index contributed by atoms with van der Waals surface area (Å²) in [4.78, 5) is 26.8. The first kappa shape index (κ1) is 24.1. The van der Waals surface area contributed by atoms with E-state index in [0.29, 0.717) is 5.56 Å². The molecule has 1 unspecified atom stereocenters. The van der Waals surface area contributed by atoms with Gasteiger partial charge in [0, 0.05) is 0 Å². The molecule has 0 aliphatic carbocycles. The average Bonchev–Trinajstić information content (AvgIpc) is 2.67. The lowest BCUT2D eigenvalue weighted by atomic mass is 10.0. The minimum absolute atomic E-state index is 0.0874. The Morgan fingerprint density at radius 2 is 1.68 bits per heavy atom. The number of amides is 3. The average molecular weight is 445 g/mol. The number of urea groups is 1. The van der Waals surface area contributed by atoms with E-state index in [4.69, 9.17) is 4.74 Å². The summed E-state index contributed by atoms with van der Waals surface area (Å²) in [5.74, 6) is 0. The van der Waals surface area contributed by atoms with E-state index < -0.39 is 33.8 Å². The van der Waals surface area contributed by atoms with Gasteiger partial charge in [-0.05, 0) is 51.8 Å². The maximum absolute atomic E-state index is 13.1. The minimum atomic E-state index is -4.20. The van der Waals surface area contributed by atoms with Crippen molar-refractivity contribution < 1.29 is 22.7 Å². The first-order valence-corrected chi connectivity index (χ1v) is 11.2. The van der Waals surface area contributed by atoms with Crippen molar-refractivity contribution in [3.8, 4) is 0 Å². The predicted octanol–water partition coefficient (Wildman–Crippen LogP) is 4.95. The van der Waals surface area contributed by atoms with Crippen LogP contribution < -0.4 is 4.72 Å². The summed E-state index contributed by atoms with van der Waals surface area (Å²) >= 11 is 0. The van der Waals surface area contributed by atoms with E-state index in [1.165, 1.54) is 12.1 Å². The van der Waals surface area contributed by atoms with Crippen LogP contribution in [0.15, 0.2) is 72.1 Å². The van der Waals surface area contributed by atoms with Crippen molar-refractivity contribution in [2.24, 2.45) is 0 Å². The number of hydrogen-bond acceptors (Lipinski definition) is 5. The lowest BCUT2D eigenvalue weighted by Gasteiger charge is -2.31. The van der Waals surface area contributed by atoms with Gasteiger partial charge >= 0.3 is 12.1 Å². The van der Waals surface area contributed by atoms with Crippen LogP contribution in [0.4, 0.5) is 9.59 Å². The zero-order valence-electron chi connectivity index (χ0n) is 18.2. The minimum Gasteiger partial charge on any atom is -0.443 e. The number of nitrogens with zero attached hydrogens (tertiary/aromatic N) is 1. The maximum atomic E-state index is 13.1. The molecule has 3 amide bonds. The number of imide groups is 1. The summed E-state index contributed by atoms with van der Waals surface area (Å²) in [6.45, 7) is 10.5. The van der Waals surface area contributed by atoms with Crippen LogP contribution in [-0.2, 0) is 14.8 Å². The van der Waals surface area contributed by atoms with Crippen molar-refractivity contribution in [2.75, 3.05) is 0 Å². The second kappa shape index (κ2) is 9.78. The van der Waals surface area contributed by atoms with Gasteiger partial charge < -0.3 is 4.74 Å². The summed E-state index contributed by atoms with van der Waals surface area (Å²) in [7, 11) is -4.20. The Morgan fingerprint density at radius 1 is 1.10 bits per heavy atom. The Hall–Kier alpha value is -3.13. The van der Waals surface area contributed by atoms with Crippen LogP contribution in [-0.4, -0.2) is 31.0 Å². The van der Waals surface area contributed by atoms with Crippen LogP contribution in [0.1, 0.15) is 44.4 Å². The lowest BCUT2D eigenvalue weighted by Crippen LogP contribution is -2.49. The molecule has 0 aliphatic heterocycles. The van der Waals surface area contributed by atoms with Gasteiger partial charge in [0.1, 0.15) is 5.60 Å². The van der Waals surface area contributed by atoms with E-state index >= 15 is 0 Å². The molecule has 0 aromatic heterocycles. The number of carbonyl (C=O) groups excluding carboxylic acids is 2. The normalized spacial score (nSPS) is 12.5. The Kier molecular flexibility index (Phi) is 7.62. The van der Waals surface area contributed by atoms with Crippen molar-refractivity contribution in [1.29, 1.82) is 0 Å². The van der Waals surface area contributed by atoms with Crippen LogP contribution in [0.3, 0.4) is 0 Å². The van der Waals surface area contributed by atoms with Crippen molar-refractivity contribution >= 4 is 22.1 Å². The van der Waals surface area contributed by atoms with E-state index in [-0.39, 0.29) is 11.3 Å². The van der Waals surface area contributed by atoms with Gasteiger partial charge in [0.25, 0.3) is 10.0 Å². The summed E-state index contributed by atoms with van der Waals surface area (Å²) in [6, 6.07) is 12.9. The van der Waals surface area contributed by atoms with E-state index in [1.54, 1.807) is 69.3 Å². The molecule has 0 saturated carbocycles. The molecule has 0 fully saturated rings. The molecule has 0 heterocycles. The third-order valence-electron chi connectivity index (χ3n) is 4.25. The zero-order valence-corrected chi connectivity index (χ0v) is 19.0. The molecule has 2 aromatic rings. The summed E-state index contributed by atoms with van der Waals surface area (Å²) < 4.78 is 32.9. The van der Waals surface area contributed by atoms with Gasteiger partial charge in [-0.2, -0.15) is 0 Å². The molecule has 0 saturated heterocycles. The molecule has 1 atom stereocenters. The lowest BCUT2D eigenvalue weighted by molar-refractivity contribution is 0.0257. The van der Waals surface area contributed by atoms with Gasteiger partial charge in [0.2, 0.25) is 0 Å². The fourth-order valence-electron chi connectivity index (χ4n) is 2.83. The fraction of sp³-hybridized carbons (Fsp3) is 0.304. The Labute approximate surface area is 183 Å². The number of nitrogens with one attached hydrogen (secondary N) is 1. The molecule has 0 spiro atoms. The molecule has 8 heteroatoms. The van der Waals surface area contributed by atoms with E-state index in [2.05, 4.69) is 6.58 Å². The van der Waals surface area contributed by atoms with Crippen molar-refractivity contribution in [3.05, 3.63) is 78.4 Å². The number of aryl methyl sites for hydroxylation is 1. The van der Waals surface area contributed by atoms with Crippen LogP contribution >= 0.6 is 0 Å². The van der Waals surface area contributed by atoms with Crippen LogP contribution in [0.2, 0.25) is 0 Å². The van der Waals surface area contributed by atoms with Crippen molar-refractivity contribution in [2.45, 2.75) is 50.7 Å². The third kappa shape index (κ3) is 6.68. The molecular formula is C23H28N2O5S. The zero-order chi connectivity index (χ0) is 23.2. The number of carbonyl (C=O) groups is 2. The summed E-state index contributed by atoms with van der Waals surface area (Å²) in [5.41, 5.74) is 0.618. The molecule has 0 radical (unpaired) electrons. The monoisotopic (exact) mass is 444 g/mol. The Morgan fingerprint density at radius 3 is 2.19 bits per heavy atom. The van der Waals surface area contributed by atoms with Gasteiger partial charge in [-0.3, -0.25) is 0 Å². The fourth-order valence-corrected chi connectivity index (χ4v) is 3.77. The van der Waals surface area contributed by atoms with Gasteiger partial charge in [-0.1, -0.05) is 54.1 Å². The van der Waals surface area contributed by atoms with Gasteiger partial charge in [0.15, 0.2) is 0 Å². The van der Waals surface area contributed by atoms with Crippen LogP contribution in [0.5, 0.6) is 0 Å². The molecule has 0 aliphatic rings. The molecule has 31 heavy (non-hydrogen) atoms. The maximum Gasteiger partial charge on any atom is 0.419 e. The molecule has 2 rings (SSSR count). The number of ether oxygens (including phenoxy) is 1. The van der Waals surface area contributed by atoms with Crippen molar-refractivity contribution in [1.82, 2.24) is 9.62 Å². The highest BCUT2D eigenvalue weighted by atomic mass is 32.2. The molecule has 2 aromatic carbocycles. The van der Waals surface area contributed by atoms with Crippen LogP contribution in [0, 0.1) is 6.92 Å². The highest BCUT2D eigenvalue weighted by Crippen LogP contribution is 2.27. The molecule has 166 valence electrons. The molecule has 1 N–H and O–H groups in total. The Balaban J connectivity index is 2.45. The number of sulfonamides is 1. The SMILES string of the molecule is C=CCC(c1ccccc1)N(C(=O)NS(=O)(=O)c1ccc(C)cc1)C(=O)OC(C)(C)C. The number of rotatable bonds is 6. The third-order valence-corrected chi connectivity index (χ3v) is 5.58. The van der Waals surface area contributed by atoms with Crippen LogP contribution in [0.25, 0.3) is 0 Å². The van der Waals surface area contributed by atoms with E-state index in [1.807, 2.05) is 11.6 Å².